The van der Waals surface area contributed by atoms with Crippen molar-refractivity contribution in [2.75, 3.05) is 14.7 Å². The number of para-hydroxylation sites is 1. The van der Waals surface area contributed by atoms with Crippen LogP contribution in [0.15, 0.2) is 186 Å². The van der Waals surface area contributed by atoms with Crippen molar-refractivity contribution >= 4 is 96.2 Å². The van der Waals surface area contributed by atoms with Crippen LogP contribution in [0.3, 0.4) is 0 Å². The van der Waals surface area contributed by atoms with E-state index in [1.165, 1.54) is 44.3 Å². The lowest BCUT2D eigenvalue weighted by atomic mass is 9.33. The number of benzene rings is 9. The van der Waals surface area contributed by atoms with E-state index in [0.717, 1.165) is 90.1 Å². The summed E-state index contributed by atoms with van der Waals surface area (Å²) in [6.07, 6.45) is 0. The number of nitrogens with zero attached hydrogens (tertiary/aromatic N) is 3. The lowest BCUT2D eigenvalue weighted by molar-refractivity contribution is 0.486. The predicted molar refractivity (Wildman–Crippen MR) is 361 cm³/mol. The van der Waals surface area contributed by atoms with Crippen molar-refractivity contribution in [2.45, 2.75) is 157 Å². The summed E-state index contributed by atoms with van der Waals surface area (Å²) in [5.41, 5.74) is 22.0. The molecule has 10 aromatic rings. The quantitative estimate of drug-likeness (QED) is 0.149. The summed E-state index contributed by atoms with van der Waals surface area (Å²) in [6, 6.07) is 68.8. The molecule has 0 spiro atoms. The van der Waals surface area contributed by atoms with E-state index in [9.17, 15) is 0 Å². The Labute approximate surface area is 501 Å². The number of anilines is 9. The first-order valence-electron chi connectivity index (χ1n) is 30.3. The third-order valence-electron chi connectivity index (χ3n) is 17.7. The van der Waals surface area contributed by atoms with Crippen LogP contribution in [0, 0.1) is 0 Å². The molecule has 426 valence electrons. The highest BCUT2D eigenvalue weighted by Gasteiger charge is 2.44. The van der Waals surface area contributed by atoms with Gasteiger partial charge in [0.1, 0.15) is 22.7 Å². The number of hydrogen-bond donors (Lipinski definition) is 0. The Bertz CT molecular complexity index is 4030. The molecule has 0 bridgehead atoms. The van der Waals surface area contributed by atoms with Gasteiger partial charge >= 0.3 is 0 Å². The topological polar surface area (TPSA) is 32.1 Å². The molecule has 6 heteroatoms. The summed E-state index contributed by atoms with van der Waals surface area (Å²) in [4.78, 5) is 7.39. The van der Waals surface area contributed by atoms with Crippen LogP contribution in [-0.2, 0) is 32.5 Å². The zero-order chi connectivity index (χ0) is 59.8. The molecule has 0 fully saturated rings. The molecule has 84 heavy (non-hydrogen) atoms. The SMILES string of the molecule is CC(C)(C)c1ccc(N(c2ccc(C(C)(C)C)cc2)c2cc3c4c(c2)N(c2cc(N(c5ccc(C(C)(C)C)cc5)c5ccc(C(C)(C)C)cc5)cc5oc6ccccc6c25)c2ccc(C(C)(C)C)cc2B4c2cc(C(C)(C)C)ccc2O3)cc1. The zero-order valence-corrected chi connectivity index (χ0v) is 53.1. The zero-order valence-electron chi connectivity index (χ0n) is 53.1. The van der Waals surface area contributed by atoms with Gasteiger partial charge in [-0.2, -0.15) is 0 Å². The molecular weight excluding hydrogens is 1020 g/mol. The molecular formula is C78H84BN3O2. The summed E-state index contributed by atoms with van der Waals surface area (Å²) in [7, 11) is 0. The van der Waals surface area contributed by atoms with Gasteiger partial charge in [-0.1, -0.05) is 216 Å². The molecule has 0 saturated carbocycles. The fourth-order valence-corrected chi connectivity index (χ4v) is 12.5. The second-order valence-corrected chi connectivity index (χ2v) is 30.1. The smallest absolute Gasteiger partial charge is 0.256 e. The minimum absolute atomic E-state index is 0.0159. The van der Waals surface area contributed by atoms with Gasteiger partial charge in [0.2, 0.25) is 0 Å². The first kappa shape index (κ1) is 56.5. The van der Waals surface area contributed by atoms with E-state index in [0.29, 0.717) is 0 Å². The third-order valence-corrected chi connectivity index (χ3v) is 17.7. The minimum atomic E-state index is -0.145. The molecule has 2 aliphatic heterocycles. The second kappa shape index (κ2) is 19.8. The highest BCUT2D eigenvalue weighted by Crippen LogP contribution is 2.52. The van der Waals surface area contributed by atoms with Gasteiger partial charge in [0.15, 0.2) is 0 Å². The van der Waals surface area contributed by atoms with E-state index in [4.69, 9.17) is 9.15 Å². The Hall–Kier alpha value is -7.96. The first-order chi connectivity index (χ1) is 39.4. The summed E-state index contributed by atoms with van der Waals surface area (Å²) in [6.45, 7) is 41.2. The third kappa shape index (κ3) is 10.2. The monoisotopic (exact) mass is 1110 g/mol. The summed E-state index contributed by atoms with van der Waals surface area (Å²) >= 11 is 0. The molecule has 9 aromatic carbocycles. The van der Waals surface area contributed by atoms with Crippen molar-refractivity contribution in [3.63, 3.8) is 0 Å². The largest absolute Gasteiger partial charge is 0.458 e. The lowest BCUT2D eigenvalue weighted by Gasteiger charge is -2.42. The number of furan rings is 1. The van der Waals surface area contributed by atoms with Gasteiger partial charge in [-0.05, 0) is 161 Å². The van der Waals surface area contributed by atoms with E-state index in [1.807, 2.05) is 0 Å². The summed E-state index contributed by atoms with van der Waals surface area (Å²) in [5, 5.41) is 2.10. The Balaban J connectivity index is 1.20. The molecule has 0 unspecified atom stereocenters. The van der Waals surface area contributed by atoms with E-state index in [-0.39, 0.29) is 39.2 Å². The predicted octanol–water partition coefficient (Wildman–Crippen LogP) is 20.7. The van der Waals surface area contributed by atoms with Crippen molar-refractivity contribution in [3.05, 3.63) is 215 Å². The molecule has 12 rings (SSSR count). The summed E-state index contributed by atoms with van der Waals surface area (Å²) < 4.78 is 14.6. The maximum atomic E-state index is 7.49. The van der Waals surface area contributed by atoms with Crippen LogP contribution in [0.4, 0.5) is 51.2 Å². The van der Waals surface area contributed by atoms with Gasteiger partial charge in [0, 0.05) is 51.6 Å². The average molecular weight is 1110 g/mol. The van der Waals surface area contributed by atoms with E-state index < -0.39 is 0 Å². The van der Waals surface area contributed by atoms with E-state index >= 15 is 0 Å². The molecule has 0 saturated heterocycles. The van der Waals surface area contributed by atoms with Gasteiger partial charge < -0.3 is 23.9 Å². The number of rotatable bonds is 7. The number of fused-ring (bicyclic) bond motifs is 7. The molecule has 1 aromatic heterocycles. The maximum absolute atomic E-state index is 7.49. The Morgan fingerprint density at radius 1 is 0.321 bits per heavy atom. The highest BCUT2D eigenvalue weighted by atomic mass is 16.5. The van der Waals surface area contributed by atoms with Crippen molar-refractivity contribution in [3.8, 4) is 11.5 Å². The lowest BCUT2D eigenvalue weighted by Crippen LogP contribution is -2.60. The van der Waals surface area contributed by atoms with Crippen molar-refractivity contribution < 1.29 is 9.15 Å². The van der Waals surface area contributed by atoms with Crippen LogP contribution < -0.4 is 35.8 Å². The molecule has 5 nitrogen and oxygen atoms in total. The molecule has 2 aliphatic rings. The van der Waals surface area contributed by atoms with Crippen LogP contribution in [0.1, 0.15) is 158 Å². The van der Waals surface area contributed by atoms with Gasteiger partial charge in [0.25, 0.3) is 6.71 Å². The first-order valence-corrected chi connectivity index (χ1v) is 30.3. The van der Waals surface area contributed by atoms with Crippen LogP contribution in [0.2, 0.25) is 0 Å². The maximum Gasteiger partial charge on any atom is 0.256 e. The van der Waals surface area contributed by atoms with Crippen molar-refractivity contribution in [1.29, 1.82) is 0 Å². The van der Waals surface area contributed by atoms with Crippen LogP contribution in [0.25, 0.3) is 21.9 Å². The highest BCUT2D eigenvalue weighted by molar-refractivity contribution is 6.99. The van der Waals surface area contributed by atoms with Gasteiger partial charge in [0.05, 0.1) is 22.4 Å². The van der Waals surface area contributed by atoms with Gasteiger partial charge in [-0.15, -0.1) is 0 Å². The van der Waals surface area contributed by atoms with E-state index in [1.54, 1.807) is 0 Å². The molecule has 0 atom stereocenters. The van der Waals surface area contributed by atoms with Crippen LogP contribution >= 0.6 is 0 Å². The van der Waals surface area contributed by atoms with Gasteiger partial charge in [-0.3, -0.25) is 0 Å². The van der Waals surface area contributed by atoms with Crippen LogP contribution in [0.5, 0.6) is 11.5 Å². The molecule has 0 aliphatic carbocycles. The van der Waals surface area contributed by atoms with Crippen LogP contribution in [-0.4, -0.2) is 6.71 Å². The Morgan fingerprint density at radius 3 is 1.17 bits per heavy atom. The Kier molecular flexibility index (Phi) is 13.3. The molecule has 0 amide bonds. The Morgan fingerprint density at radius 2 is 0.714 bits per heavy atom. The standard InChI is InChI=1S/C78H84BN3O2/c1-73(2,3)49-23-33-55(34-24-49)80(56-35-25-50(26-36-56)74(4,5)6)59-45-65(71-61-21-19-20-22-67(61)83-69(71)47-59)82-64-41-31-53(77(13,14)15)43-62(64)79-63-44-54(78(16,17)18)32-42-68(63)84-70-48-60(46-66(82)72(70)79)81(57-37-27-51(28-38-57)75(7,8)9)58-39-29-52(30-40-58)76(10,11)12/h19-48H,1-18H3. The van der Waals surface area contributed by atoms with Gasteiger partial charge in [-0.25, -0.2) is 0 Å². The number of hydrogen-bond acceptors (Lipinski definition) is 5. The fraction of sp³-hybridized carbons (Fsp3) is 0.308. The number of ether oxygens (including phenoxy) is 1. The molecule has 0 radical (unpaired) electrons. The second-order valence-electron chi connectivity index (χ2n) is 30.1. The average Bonchev–Trinajstić information content (AvgIpc) is 0.986. The van der Waals surface area contributed by atoms with E-state index in [2.05, 4.69) is 321 Å². The molecule has 3 heterocycles. The fourth-order valence-electron chi connectivity index (χ4n) is 12.5. The minimum Gasteiger partial charge on any atom is -0.458 e. The van der Waals surface area contributed by atoms with Crippen molar-refractivity contribution in [1.82, 2.24) is 0 Å². The molecule has 0 N–H and O–H groups in total. The summed E-state index contributed by atoms with van der Waals surface area (Å²) in [5.74, 6) is 1.72. The van der Waals surface area contributed by atoms with Crippen molar-refractivity contribution in [2.24, 2.45) is 0 Å². The normalized spacial score (nSPS) is 13.6.